The molecule has 0 aliphatic heterocycles. The van der Waals surface area contributed by atoms with Gasteiger partial charge in [0.25, 0.3) is 0 Å². The number of ether oxygens (including phenoxy) is 1. The van der Waals surface area contributed by atoms with Gasteiger partial charge in [-0.1, -0.05) is 12.1 Å². The number of carbonyl (C=O) groups excluding carboxylic acids is 1. The third-order valence-corrected chi connectivity index (χ3v) is 1.94. The Morgan fingerprint density at radius 2 is 1.73 bits per heavy atom. The molecule has 1 aromatic rings. The van der Waals surface area contributed by atoms with Crippen LogP contribution in [0.1, 0.15) is 12.8 Å². The summed E-state index contributed by atoms with van der Waals surface area (Å²) in [6, 6.07) is 5.04. The summed E-state index contributed by atoms with van der Waals surface area (Å²) in [5.41, 5.74) is 0. The molecule has 0 spiro atoms. The lowest BCUT2D eigenvalue weighted by Gasteiger charge is -1.89. The summed E-state index contributed by atoms with van der Waals surface area (Å²) in [5, 5.41) is 0. The molecule has 82 valence electrons. The summed E-state index contributed by atoms with van der Waals surface area (Å²) < 4.78 is 28.3. The molecule has 0 amide bonds. The van der Waals surface area contributed by atoms with Crippen LogP contribution in [0.25, 0.3) is 0 Å². The van der Waals surface area contributed by atoms with E-state index in [4.69, 9.17) is 0 Å². The molecule has 0 N–H and O–H groups in total. The summed E-state index contributed by atoms with van der Waals surface area (Å²) in [6.45, 7) is 0. The van der Waals surface area contributed by atoms with Gasteiger partial charge in [-0.15, -0.1) is 0 Å². The van der Waals surface area contributed by atoms with Crippen molar-refractivity contribution in [2.24, 2.45) is 5.92 Å². The molecule has 1 saturated carbocycles. The molecule has 2 nitrogen and oxygen atoms in total. The van der Waals surface area contributed by atoms with Gasteiger partial charge in [0.15, 0.2) is 11.6 Å². The molecule has 4 heteroatoms. The first-order valence-corrected chi connectivity index (χ1v) is 4.63. The first kappa shape index (κ1) is 11.6. The molecule has 0 radical (unpaired) electrons. The van der Waals surface area contributed by atoms with Crippen LogP contribution < -0.4 is 0 Å². The largest absolute Gasteiger partial charge is 0.469 e. The number of methoxy groups -OCH3 is 1. The highest BCUT2D eigenvalue weighted by molar-refractivity contribution is 5.74. The van der Waals surface area contributed by atoms with Gasteiger partial charge in [0.1, 0.15) is 0 Å². The van der Waals surface area contributed by atoms with Crippen LogP contribution in [0.5, 0.6) is 0 Å². The fourth-order valence-corrected chi connectivity index (χ4v) is 0.925. The van der Waals surface area contributed by atoms with Crippen LogP contribution in [0.15, 0.2) is 24.3 Å². The molecule has 0 saturated heterocycles. The van der Waals surface area contributed by atoms with Gasteiger partial charge in [0.2, 0.25) is 0 Å². The van der Waals surface area contributed by atoms with Gasteiger partial charge in [-0.2, -0.15) is 0 Å². The van der Waals surface area contributed by atoms with Crippen molar-refractivity contribution >= 4 is 5.97 Å². The van der Waals surface area contributed by atoms with Crippen LogP contribution >= 0.6 is 0 Å². The Balaban J connectivity index is 0.000000151. The van der Waals surface area contributed by atoms with Gasteiger partial charge >= 0.3 is 5.97 Å². The number of benzene rings is 1. The monoisotopic (exact) mass is 214 g/mol. The first-order valence-electron chi connectivity index (χ1n) is 4.63. The van der Waals surface area contributed by atoms with Crippen molar-refractivity contribution < 1.29 is 18.3 Å². The van der Waals surface area contributed by atoms with Crippen molar-refractivity contribution in [1.82, 2.24) is 0 Å². The maximum atomic E-state index is 11.9. The molecule has 0 bridgehead atoms. The number of halogens is 2. The Morgan fingerprint density at radius 1 is 1.27 bits per heavy atom. The van der Waals surface area contributed by atoms with Crippen molar-refractivity contribution in [2.75, 3.05) is 7.11 Å². The fraction of sp³-hybridized carbons (Fsp3) is 0.364. The second-order valence-electron chi connectivity index (χ2n) is 3.21. The Morgan fingerprint density at radius 3 is 1.93 bits per heavy atom. The average Bonchev–Trinajstić information content (AvgIpc) is 3.06. The van der Waals surface area contributed by atoms with Crippen molar-refractivity contribution in [3.63, 3.8) is 0 Å². The molecule has 0 atom stereocenters. The van der Waals surface area contributed by atoms with Crippen molar-refractivity contribution in [3.8, 4) is 0 Å². The molecule has 0 aromatic heterocycles. The standard InChI is InChI=1S/C6H4F2.C5H8O2/c7-5-3-1-2-4-6(5)8;1-7-5(6)4-2-3-4/h1-4H;4H,2-3H2,1H3. The van der Waals surface area contributed by atoms with Crippen LogP contribution in [0.4, 0.5) is 8.78 Å². The minimum atomic E-state index is -0.799. The highest BCUT2D eigenvalue weighted by atomic mass is 19.2. The summed E-state index contributed by atoms with van der Waals surface area (Å²) in [4.78, 5) is 10.4. The SMILES string of the molecule is COC(=O)C1CC1.Fc1ccccc1F. The molecule has 2 rings (SSSR count). The van der Waals surface area contributed by atoms with Crippen molar-refractivity contribution in [2.45, 2.75) is 12.8 Å². The minimum absolute atomic E-state index is 0.0417. The second kappa shape index (κ2) is 5.44. The van der Waals surface area contributed by atoms with Crippen LogP contribution in [0.3, 0.4) is 0 Å². The minimum Gasteiger partial charge on any atom is -0.469 e. The molecule has 1 aliphatic carbocycles. The zero-order valence-corrected chi connectivity index (χ0v) is 8.37. The van der Waals surface area contributed by atoms with E-state index in [0.717, 1.165) is 25.0 Å². The smallest absolute Gasteiger partial charge is 0.308 e. The summed E-state index contributed by atoms with van der Waals surface area (Å²) in [5.74, 6) is -1.38. The third kappa shape index (κ3) is 4.06. The van der Waals surface area contributed by atoms with Gasteiger partial charge in [-0.25, -0.2) is 8.78 Å². The summed E-state index contributed by atoms with van der Waals surface area (Å²) in [7, 11) is 1.43. The van der Waals surface area contributed by atoms with Crippen LogP contribution in [-0.4, -0.2) is 13.1 Å². The third-order valence-electron chi connectivity index (χ3n) is 1.94. The molecule has 15 heavy (non-hydrogen) atoms. The molecule has 0 unspecified atom stereocenters. The predicted octanol–water partition coefficient (Wildman–Crippen LogP) is 2.53. The van der Waals surface area contributed by atoms with Gasteiger partial charge in [0, 0.05) is 0 Å². The maximum Gasteiger partial charge on any atom is 0.308 e. The lowest BCUT2D eigenvalue weighted by Crippen LogP contribution is -2.00. The number of esters is 1. The van der Waals surface area contributed by atoms with E-state index >= 15 is 0 Å². The molecule has 0 heterocycles. The molecular formula is C11H12F2O2. The Hall–Kier alpha value is -1.45. The highest BCUT2D eigenvalue weighted by Crippen LogP contribution is 2.29. The average molecular weight is 214 g/mol. The molecule has 1 fully saturated rings. The van der Waals surface area contributed by atoms with E-state index < -0.39 is 11.6 Å². The number of hydrogen-bond acceptors (Lipinski definition) is 2. The van der Waals surface area contributed by atoms with Crippen molar-refractivity contribution in [1.29, 1.82) is 0 Å². The Kier molecular flexibility index (Phi) is 4.21. The Labute approximate surface area is 86.9 Å². The van der Waals surface area contributed by atoms with E-state index in [2.05, 4.69) is 4.74 Å². The summed E-state index contributed by atoms with van der Waals surface area (Å²) in [6.07, 6.45) is 2.07. The topological polar surface area (TPSA) is 26.3 Å². The first-order chi connectivity index (χ1) is 7.15. The normalized spacial score (nSPS) is 13.8. The number of rotatable bonds is 1. The zero-order valence-electron chi connectivity index (χ0n) is 8.37. The van der Waals surface area contributed by atoms with E-state index in [0.29, 0.717) is 0 Å². The van der Waals surface area contributed by atoms with Gasteiger partial charge in [-0.3, -0.25) is 4.79 Å². The summed E-state index contributed by atoms with van der Waals surface area (Å²) >= 11 is 0. The number of hydrogen-bond donors (Lipinski definition) is 0. The molecule has 1 aromatic carbocycles. The van der Waals surface area contributed by atoms with Gasteiger partial charge in [-0.05, 0) is 25.0 Å². The van der Waals surface area contributed by atoms with E-state index in [9.17, 15) is 13.6 Å². The Bertz CT molecular complexity index is 314. The zero-order chi connectivity index (χ0) is 11.3. The lowest BCUT2D eigenvalue weighted by molar-refractivity contribution is -0.142. The molecule has 1 aliphatic rings. The number of carbonyl (C=O) groups is 1. The maximum absolute atomic E-state index is 11.9. The second-order valence-corrected chi connectivity index (χ2v) is 3.21. The van der Waals surface area contributed by atoms with E-state index in [1.54, 1.807) is 0 Å². The predicted molar refractivity (Wildman–Crippen MR) is 51.1 cm³/mol. The fourth-order valence-electron chi connectivity index (χ4n) is 0.925. The highest BCUT2D eigenvalue weighted by Gasteiger charge is 2.30. The van der Waals surface area contributed by atoms with E-state index in [1.165, 1.54) is 19.2 Å². The van der Waals surface area contributed by atoms with Gasteiger partial charge in [0.05, 0.1) is 13.0 Å². The van der Waals surface area contributed by atoms with Gasteiger partial charge < -0.3 is 4.74 Å². The van der Waals surface area contributed by atoms with Crippen LogP contribution in [-0.2, 0) is 9.53 Å². The lowest BCUT2D eigenvalue weighted by atomic mass is 10.3. The van der Waals surface area contributed by atoms with E-state index in [1.807, 2.05) is 0 Å². The quantitative estimate of drug-likeness (QED) is 0.671. The van der Waals surface area contributed by atoms with Crippen molar-refractivity contribution in [3.05, 3.63) is 35.9 Å². The van der Waals surface area contributed by atoms with E-state index in [-0.39, 0.29) is 11.9 Å². The van der Waals surface area contributed by atoms with Crippen LogP contribution in [0.2, 0.25) is 0 Å². The molecular weight excluding hydrogens is 202 g/mol. The van der Waals surface area contributed by atoms with Crippen LogP contribution in [0, 0.1) is 17.6 Å².